The van der Waals surface area contributed by atoms with Gasteiger partial charge in [0.05, 0.1) is 11.7 Å². The highest BCUT2D eigenvalue weighted by Gasteiger charge is 2.31. The first kappa shape index (κ1) is 21.0. The summed E-state index contributed by atoms with van der Waals surface area (Å²) in [6.45, 7) is 7.95. The lowest BCUT2D eigenvalue weighted by molar-refractivity contribution is -0.123. The number of hydrogen-bond acceptors (Lipinski definition) is 6. The first-order valence-electron chi connectivity index (χ1n) is 10.4. The molecule has 0 bridgehead atoms. The van der Waals surface area contributed by atoms with E-state index in [1.54, 1.807) is 19.4 Å². The standard InChI is InChI=1S/C23H27N3O5/c1-13-14(2)22(28)30-21-16-5-7-23(3,4)31-17(16)9-18(20(13)21)29-11-19(27)25-8-6-15-10-24-12-26-15/h9-10,12H,5-8,11H2,1-4H3,(H,24,26)(H,25,27). The summed E-state index contributed by atoms with van der Waals surface area (Å²) in [5.74, 6) is 0.864. The van der Waals surface area contributed by atoms with Gasteiger partial charge in [-0.25, -0.2) is 9.78 Å². The predicted octanol–water partition coefficient (Wildman–Crippen LogP) is 2.97. The fourth-order valence-electron chi connectivity index (χ4n) is 3.80. The number of amides is 1. The van der Waals surface area contributed by atoms with Crippen LogP contribution in [0.1, 0.15) is 42.7 Å². The minimum atomic E-state index is -0.370. The number of aromatic amines is 1. The highest BCUT2D eigenvalue weighted by molar-refractivity contribution is 5.92. The van der Waals surface area contributed by atoms with Crippen molar-refractivity contribution < 1.29 is 18.7 Å². The van der Waals surface area contributed by atoms with Gasteiger partial charge in [0, 0.05) is 42.0 Å². The van der Waals surface area contributed by atoms with Gasteiger partial charge >= 0.3 is 5.63 Å². The monoisotopic (exact) mass is 425 g/mol. The molecule has 164 valence electrons. The summed E-state index contributed by atoms with van der Waals surface area (Å²) in [5, 5.41) is 3.55. The maximum Gasteiger partial charge on any atom is 0.339 e. The maximum atomic E-state index is 12.3. The van der Waals surface area contributed by atoms with Crippen LogP contribution in [0.15, 0.2) is 27.8 Å². The molecular weight excluding hydrogens is 398 g/mol. The molecule has 0 saturated heterocycles. The number of hydrogen-bond donors (Lipinski definition) is 2. The number of nitrogens with zero attached hydrogens (tertiary/aromatic N) is 1. The summed E-state index contributed by atoms with van der Waals surface area (Å²) < 4.78 is 17.7. The largest absolute Gasteiger partial charge is 0.487 e. The van der Waals surface area contributed by atoms with Gasteiger partial charge in [0.25, 0.3) is 5.91 Å². The molecule has 0 atom stereocenters. The Labute approximate surface area is 180 Å². The van der Waals surface area contributed by atoms with Crippen LogP contribution >= 0.6 is 0 Å². The number of benzene rings is 1. The van der Waals surface area contributed by atoms with Crippen LogP contribution in [0.3, 0.4) is 0 Å². The van der Waals surface area contributed by atoms with Crippen LogP contribution in [0.2, 0.25) is 0 Å². The first-order chi connectivity index (χ1) is 14.7. The molecule has 4 rings (SSSR count). The molecule has 2 aromatic heterocycles. The van der Waals surface area contributed by atoms with E-state index in [4.69, 9.17) is 13.9 Å². The molecule has 0 unspecified atom stereocenters. The third kappa shape index (κ3) is 4.28. The van der Waals surface area contributed by atoms with Gasteiger partial charge < -0.3 is 24.2 Å². The van der Waals surface area contributed by atoms with E-state index in [2.05, 4.69) is 15.3 Å². The normalized spacial score (nSPS) is 14.7. The quantitative estimate of drug-likeness (QED) is 0.588. The Hall–Kier alpha value is -3.29. The van der Waals surface area contributed by atoms with Crippen LogP contribution in [-0.2, 0) is 17.6 Å². The SMILES string of the molecule is Cc1c(C)c2c(OCC(=O)NCCc3cnc[nH]3)cc3c(c2oc1=O)CCC(C)(C)O3. The van der Waals surface area contributed by atoms with Gasteiger partial charge in [-0.3, -0.25) is 4.79 Å². The molecule has 0 aliphatic carbocycles. The predicted molar refractivity (Wildman–Crippen MR) is 116 cm³/mol. The smallest absolute Gasteiger partial charge is 0.339 e. The topological polar surface area (TPSA) is 106 Å². The van der Waals surface area contributed by atoms with Crippen molar-refractivity contribution in [2.75, 3.05) is 13.2 Å². The Kier molecular flexibility index (Phi) is 5.47. The van der Waals surface area contributed by atoms with Gasteiger partial charge in [-0.2, -0.15) is 0 Å². The molecule has 3 aromatic rings. The second-order valence-electron chi connectivity index (χ2n) is 8.52. The Balaban J connectivity index is 1.59. The number of ether oxygens (including phenoxy) is 2. The summed E-state index contributed by atoms with van der Waals surface area (Å²) in [6, 6.07) is 1.81. The van der Waals surface area contributed by atoms with Gasteiger partial charge in [-0.05, 0) is 46.1 Å². The van der Waals surface area contributed by atoms with Crippen molar-refractivity contribution in [1.82, 2.24) is 15.3 Å². The zero-order chi connectivity index (χ0) is 22.2. The number of aryl methyl sites for hydroxylation is 2. The molecule has 3 heterocycles. The molecular formula is C23H27N3O5. The van der Waals surface area contributed by atoms with Gasteiger partial charge in [-0.1, -0.05) is 0 Å². The van der Waals surface area contributed by atoms with Crippen molar-refractivity contribution in [1.29, 1.82) is 0 Å². The van der Waals surface area contributed by atoms with Crippen LogP contribution in [0.4, 0.5) is 0 Å². The summed E-state index contributed by atoms with van der Waals surface area (Å²) in [7, 11) is 0. The van der Waals surface area contributed by atoms with E-state index < -0.39 is 0 Å². The third-order valence-corrected chi connectivity index (χ3v) is 5.74. The third-order valence-electron chi connectivity index (χ3n) is 5.74. The lowest BCUT2D eigenvalue weighted by atomic mass is 9.92. The van der Waals surface area contributed by atoms with Crippen molar-refractivity contribution in [3.63, 3.8) is 0 Å². The highest BCUT2D eigenvalue weighted by atomic mass is 16.5. The van der Waals surface area contributed by atoms with Crippen molar-refractivity contribution >= 4 is 16.9 Å². The number of aromatic nitrogens is 2. The number of rotatable bonds is 6. The molecule has 1 aliphatic heterocycles. The first-order valence-corrected chi connectivity index (χ1v) is 10.4. The minimum Gasteiger partial charge on any atom is -0.487 e. The average Bonchev–Trinajstić information content (AvgIpc) is 3.22. The number of carbonyl (C=O) groups excluding carboxylic acids is 1. The Morgan fingerprint density at radius 3 is 2.87 bits per heavy atom. The number of imidazole rings is 1. The van der Waals surface area contributed by atoms with E-state index in [1.165, 1.54) is 0 Å². The Morgan fingerprint density at radius 2 is 2.13 bits per heavy atom. The molecule has 1 aromatic carbocycles. The lowest BCUT2D eigenvalue weighted by Gasteiger charge is -2.33. The maximum absolute atomic E-state index is 12.3. The number of H-pyrrole nitrogens is 1. The highest BCUT2D eigenvalue weighted by Crippen LogP contribution is 2.43. The Morgan fingerprint density at radius 1 is 1.32 bits per heavy atom. The second kappa shape index (κ2) is 8.09. The van der Waals surface area contributed by atoms with Crippen LogP contribution in [0, 0.1) is 13.8 Å². The van der Waals surface area contributed by atoms with E-state index >= 15 is 0 Å². The van der Waals surface area contributed by atoms with Crippen molar-refractivity contribution in [2.24, 2.45) is 0 Å². The van der Waals surface area contributed by atoms with E-state index in [-0.39, 0.29) is 23.7 Å². The molecule has 0 saturated carbocycles. The van der Waals surface area contributed by atoms with Gasteiger partial charge in [-0.15, -0.1) is 0 Å². The Bertz CT molecular complexity index is 1180. The van der Waals surface area contributed by atoms with Crippen LogP contribution < -0.4 is 20.4 Å². The fraction of sp³-hybridized carbons (Fsp3) is 0.435. The molecule has 0 fully saturated rings. The average molecular weight is 425 g/mol. The van der Waals surface area contributed by atoms with Crippen molar-refractivity contribution in [3.8, 4) is 11.5 Å². The van der Waals surface area contributed by atoms with Gasteiger partial charge in [0.2, 0.25) is 0 Å². The van der Waals surface area contributed by atoms with Crippen LogP contribution in [-0.4, -0.2) is 34.6 Å². The molecule has 8 nitrogen and oxygen atoms in total. The number of carbonyl (C=O) groups is 1. The molecule has 8 heteroatoms. The summed E-state index contributed by atoms with van der Waals surface area (Å²) in [6.07, 6.45) is 5.53. The summed E-state index contributed by atoms with van der Waals surface area (Å²) >= 11 is 0. The van der Waals surface area contributed by atoms with E-state index in [9.17, 15) is 9.59 Å². The minimum absolute atomic E-state index is 0.155. The van der Waals surface area contributed by atoms with Crippen molar-refractivity contribution in [2.45, 2.75) is 52.6 Å². The van der Waals surface area contributed by atoms with Crippen LogP contribution in [0.5, 0.6) is 11.5 Å². The van der Waals surface area contributed by atoms with E-state index in [1.807, 2.05) is 26.8 Å². The van der Waals surface area contributed by atoms with Gasteiger partial charge in [0.1, 0.15) is 22.7 Å². The molecule has 0 radical (unpaired) electrons. The lowest BCUT2D eigenvalue weighted by Crippen LogP contribution is -2.33. The van der Waals surface area contributed by atoms with E-state index in [0.29, 0.717) is 41.0 Å². The molecule has 1 amide bonds. The van der Waals surface area contributed by atoms with E-state index in [0.717, 1.165) is 29.7 Å². The summed E-state index contributed by atoms with van der Waals surface area (Å²) in [4.78, 5) is 31.6. The second-order valence-corrected chi connectivity index (χ2v) is 8.52. The molecule has 1 aliphatic rings. The molecule has 31 heavy (non-hydrogen) atoms. The van der Waals surface area contributed by atoms with Gasteiger partial charge in [0.15, 0.2) is 6.61 Å². The summed E-state index contributed by atoms with van der Waals surface area (Å²) in [5.41, 5.74) is 2.91. The van der Waals surface area contributed by atoms with Crippen LogP contribution in [0.25, 0.3) is 11.0 Å². The zero-order valence-corrected chi connectivity index (χ0v) is 18.3. The fourth-order valence-corrected chi connectivity index (χ4v) is 3.80. The van der Waals surface area contributed by atoms with Crippen molar-refractivity contribution in [3.05, 3.63) is 51.4 Å². The zero-order valence-electron chi connectivity index (χ0n) is 18.3. The number of nitrogens with one attached hydrogen (secondary N) is 2. The molecule has 0 spiro atoms. The number of fused-ring (bicyclic) bond motifs is 3. The molecule has 2 N–H and O–H groups in total.